The quantitative estimate of drug-likeness (QED) is 0.869. The lowest BCUT2D eigenvalue weighted by molar-refractivity contribution is 0.194. The molecule has 0 bridgehead atoms. The van der Waals surface area contributed by atoms with Gasteiger partial charge in [-0.15, -0.1) is 0 Å². The molecule has 128 valence electrons. The predicted octanol–water partition coefficient (Wildman–Crippen LogP) is 1.20. The Kier molecular flexibility index (Phi) is 5.46. The molecule has 0 unspecified atom stereocenters. The second kappa shape index (κ2) is 7.16. The fourth-order valence-corrected chi connectivity index (χ4v) is 4.15. The van der Waals surface area contributed by atoms with E-state index >= 15 is 0 Å². The molecule has 7 nitrogen and oxygen atoms in total. The molecule has 0 radical (unpaired) electrons. The third-order valence-corrected chi connectivity index (χ3v) is 5.42. The highest BCUT2D eigenvalue weighted by Gasteiger charge is 2.32. The molecule has 1 saturated heterocycles. The summed E-state index contributed by atoms with van der Waals surface area (Å²) in [7, 11) is -1.38. The van der Waals surface area contributed by atoms with E-state index in [0.29, 0.717) is 18.8 Å². The zero-order valence-electron chi connectivity index (χ0n) is 13.7. The summed E-state index contributed by atoms with van der Waals surface area (Å²) >= 11 is 0. The third-order valence-electron chi connectivity index (χ3n) is 3.67. The predicted molar refractivity (Wildman–Crippen MR) is 87.1 cm³/mol. The summed E-state index contributed by atoms with van der Waals surface area (Å²) in [5, 5.41) is 2.77. The summed E-state index contributed by atoms with van der Waals surface area (Å²) in [6, 6.07) is 3.06. The Labute approximate surface area is 137 Å². The van der Waals surface area contributed by atoms with Gasteiger partial charge in [0.05, 0.1) is 17.6 Å². The van der Waals surface area contributed by atoms with Crippen LogP contribution in [0.2, 0.25) is 0 Å². The fraction of sp³-hybridized carbons (Fsp3) is 0.600. The van der Waals surface area contributed by atoms with Crippen LogP contribution in [0.3, 0.4) is 0 Å². The van der Waals surface area contributed by atoms with Gasteiger partial charge in [-0.2, -0.15) is 0 Å². The highest BCUT2D eigenvalue weighted by Crippen LogP contribution is 2.16. The largest absolute Gasteiger partial charge is 0.475 e. The van der Waals surface area contributed by atoms with Crippen LogP contribution in [0.4, 0.5) is 4.79 Å². The van der Waals surface area contributed by atoms with Gasteiger partial charge in [-0.25, -0.2) is 18.2 Å². The average Bonchev–Trinajstić information content (AvgIpc) is 2.85. The van der Waals surface area contributed by atoms with Gasteiger partial charge in [0.15, 0.2) is 9.84 Å². The van der Waals surface area contributed by atoms with E-state index in [2.05, 4.69) is 10.3 Å². The van der Waals surface area contributed by atoms with Gasteiger partial charge in [-0.3, -0.25) is 0 Å². The van der Waals surface area contributed by atoms with Crippen molar-refractivity contribution in [3.8, 4) is 5.88 Å². The number of nitrogens with one attached hydrogen (secondary N) is 1. The maximum Gasteiger partial charge on any atom is 0.317 e. The molecule has 1 N–H and O–H groups in total. The number of sulfone groups is 1. The molecule has 0 spiro atoms. The van der Waals surface area contributed by atoms with Crippen LogP contribution in [0.15, 0.2) is 18.3 Å². The van der Waals surface area contributed by atoms with Gasteiger partial charge in [-0.05, 0) is 25.8 Å². The van der Waals surface area contributed by atoms with Crippen LogP contribution in [-0.4, -0.2) is 55.0 Å². The Balaban J connectivity index is 1.84. The van der Waals surface area contributed by atoms with Gasteiger partial charge in [0.2, 0.25) is 5.88 Å². The van der Waals surface area contributed by atoms with Crippen molar-refractivity contribution in [2.75, 3.05) is 18.6 Å². The van der Waals surface area contributed by atoms with E-state index in [9.17, 15) is 13.2 Å². The zero-order valence-corrected chi connectivity index (χ0v) is 14.5. The SMILES string of the molecule is CC(C)Oc1ccc(CNC(=O)N(C)[C@H]2CCS(=O)(=O)C2)cn1. The van der Waals surface area contributed by atoms with E-state index in [1.54, 1.807) is 19.3 Å². The van der Waals surface area contributed by atoms with Crippen LogP contribution < -0.4 is 10.1 Å². The summed E-state index contributed by atoms with van der Waals surface area (Å²) in [6.07, 6.45) is 2.21. The number of amides is 2. The number of carbonyl (C=O) groups is 1. The number of nitrogens with zero attached hydrogens (tertiary/aromatic N) is 2. The van der Waals surface area contributed by atoms with Crippen molar-refractivity contribution < 1.29 is 17.9 Å². The first-order valence-corrected chi connectivity index (χ1v) is 9.41. The smallest absolute Gasteiger partial charge is 0.317 e. The van der Waals surface area contributed by atoms with Crippen molar-refractivity contribution in [3.63, 3.8) is 0 Å². The van der Waals surface area contributed by atoms with E-state index in [-0.39, 0.29) is 29.7 Å². The second-order valence-electron chi connectivity index (χ2n) is 6.00. The summed E-state index contributed by atoms with van der Waals surface area (Å²) in [5.74, 6) is 0.735. The Morgan fingerprint density at radius 2 is 2.22 bits per heavy atom. The van der Waals surface area contributed by atoms with Crippen LogP contribution in [0.25, 0.3) is 0 Å². The van der Waals surface area contributed by atoms with Crippen molar-refractivity contribution in [2.24, 2.45) is 0 Å². The summed E-state index contributed by atoms with van der Waals surface area (Å²) in [4.78, 5) is 17.7. The van der Waals surface area contributed by atoms with Crippen LogP contribution in [0, 0.1) is 0 Å². The van der Waals surface area contributed by atoms with E-state index in [4.69, 9.17) is 4.74 Å². The first-order valence-electron chi connectivity index (χ1n) is 7.59. The van der Waals surface area contributed by atoms with E-state index < -0.39 is 9.84 Å². The molecule has 1 aromatic rings. The molecule has 1 aromatic heterocycles. The number of urea groups is 1. The van der Waals surface area contributed by atoms with E-state index in [1.807, 2.05) is 19.9 Å². The van der Waals surface area contributed by atoms with E-state index in [1.165, 1.54) is 4.90 Å². The monoisotopic (exact) mass is 341 g/mol. The van der Waals surface area contributed by atoms with Gasteiger partial charge >= 0.3 is 6.03 Å². The Morgan fingerprint density at radius 1 is 1.48 bits per heavy atom. The normalized spacial score (nSPS) is 19.6. The minimum atomic E-state index is -3.00. The minimum absolute atomic E-state index is 0.0414. The summed E-state index contributed by atoms with van der Waals surface area (Å²) in [6.45, 7) is 4.18. The van der Waals surface area contributed by atoms with Crippen molar-refractivity contribution >= 4 is 15.9 Å². The van der Waals surface area contributed by atoms with Gasteiger partial charge in [-0.1, -0.05) is 6.07 Å². The van der Waals surface area contributed by atoms with Crippen molar-refractivity contribution in [2.45, 2.75) is 39.0 Å². The van der Waals surface area contributed by atoms with Crippen molar-refractivity contribution in [1.29, 1.82) is 0 Å². The molecule has 1 aliphatic rings. The number of rotatable bonds is 5. The average molecular weight is 341 g/mol. The topological polar surface area (TPSA) is 88.6 Å². The van der Waals surface area contributed by atoms with Crippen molar-refractivity contribution in [3.05, 3.63) is 23.9 Å². The van der Waals surface area contributed by atoms with E-state index in [0.717, 1.165) is 5.56 Å². The van der Waals surface area contributed by atoms with Gasteiger partial charge in [0, 0.05) is 31.9 Å². The molecule has 8 heteroatoms. The molecule has 23 heavy (non-hydrogen) atoms. The Morgan fingerprint density at radius 3 is 2.74 bits per heavy atom. The number of hydrogen-bond donors (Lipinski definition) is 1. The maximum absolute atomic E-state index is 12.1. The number of ether oxygens (including phenoxy) is 1. The number of hydrogen-bond acceptors (Lipinski definition) is 5. The number of carbonyl (C=O) groups excluding carboxylic acids is 1. The lowest BCUT2D eigenvalue weighted by Gasteiger charge is -2.23. The molecular formula is C15H23N3O4S. The van der Waals surface area contributed by atoms with Gasteiger partial charge in [0.25, 0.3) is 0 Å². The molecule has 1 aliphatic heterocycles. The minimum Gasteiger partial charge on any atom is -0.475 e. The van der Waals surface area contributed by atoms with Crippen LogP contribution in [-0.2, 0) is 16.4 Å². The highest BCUT2D eigenvalue weighted by atomic mass is 32.2. The molecule has 1 atom stereocenters. The maximum atomic E-state index is 12.1. The molecule has 0 saturated carbocycles. The van der Waals surface area contributed by atoms with Crippen molar-refractivity contribution in [1.82, 2.24) is 15.2 Å². The van der Waals surface area contributed by atoms with Crippen LogP contribution in [0.5, 0.6) is 5.88 Å². The Bertz CT molecular complexity index is 643. The lowest BCUT2D eigenvalue weighted by atomic mass is 10.2. The third kappa shape index (κ3) is 5.09. The molecule has 0 aliphatic carbocycles. The van der Waals surface area contributed by atoms with Crippen LogP contribution in [0.1, 0.15) is 25.8 Å². The Hall–Kier alpha value is -1.83. The molecule has 2 heterocycles. The van der Waals surface area contributed by atoms with Gasteiger partial charge in [0.1, 0.15) is 0 Å². The molecule has 0 aromatic carbocycles. The van der Waals surface area contributed by atoms with Gasteiger partial charge < -0.3 is 15.0 Å². The first kappa shape index (κ1) is 17.5. The summed E-state index contributed by atoms with van der Waals surface area (Å²) < 4.78 is 28.4. The number of pyridine rings is 1. The molecule has 2 rings (SSSR count). The zero-order chi connectivity index (χ0) is 17.0. The standard InChI is InChI=1S/C15H23N3O4S/c1-11(2)22-14-5-4-12(8-16-14)9-17-15(19)18(3)13-6-7-23(20,21)10-13/h4-5,8,11,13H,6-7,9-10H2,1-3H3,(H,17,19)/t13-/m0/s1. The molecule has 2 amide bonds. The lowest BCUT2D eigenvalue weighted by Crippen LogP contribution is -2.43. The highest BCUT2D eigenvalue weighted by molar-refractivity contribution is 7.91. The second-order valence-corrected chi connectivity index (χ2v) is 8.23. The molecule has 1 fully saturated rings. The fourth-order valence-electron chi connectivity index (χ4n) is 2.38. The first-order chi connectivity index (χ1) is 10.8. The number of aromatic nitrogens is 1. The molecular weight excluding hydrogens is 318 g/mol. The summed E-state index contributed by atoms with van der Waals surface area (Å²) in [5.41, 5.74) is 0.849. The van der Waals surface area contributed by atoms with Crippen LogP contribution >= 0.6 is 0 Å².